The van der Waals surface area contributed by atoms with Crippen molar-refractivity contribution in [3.8, 4) is 10.4 Å². The van der Waals surface area contributed by atoms with E-state index in [9.17, 15) is 4.79 Å². The molecule has 0 atom stereocenters. The molecule has 0 saturated heterocycles. The third-order valence-electron chi connectivity index (χ3n) is 4.91. The number of carbonyl (C=O) groups is 1. The molecule has 2 aromatic carbocycles. The molecule has 0 saturated carbocycles. The van der Waals surface area contributed by atoms with Crippen molar-refractivity contribution in [2.24, 2.45) is 0 Å². The minimum Gasteiger partial charge on any atom is -0.302 e. The topological polar surface area (TPSA) is 33.2 Å². The summed E-state index contributed by atoms with van der Waals surface area (Å²) in [6.45, 7) is 6.65. The average molecular weight is 419 g/mol. The van der Waals surface area contributed by atoms with E-state index in [2.05, 4.69) is 37.0 Å². The van der Waals surface area contributed by atoms with Crippen LogP contribution in [0.5, 0.6) is 0 Å². The molecule has 146 valence electrons. The Hall–Kier alpha value is -2.76. The summed E-state index contributed by atoms with van der Waals surface area (Å²) in [5.74, 6) is -0.0649. The molecule has 0 aliphatic rings. The Labute approximate surface area is 179 Å². The van der Waals surface area contributed by atoms with Gasteiger partial charge in [0.05, 0.1) is 16.4 Å². The lowest BCUT2D eigenvalue weighted by atomic mass is 10.1. The molecule has 0 radical (unpaired) electrons. The highest BCUT2D eigenvalue weighted by atomic mass is 32.1. The van der Waals surface area contributed by atoms with Crippen LogP contribution in [0.4, 0.5) is 5.69 Å². The number of carbonyl (C=O) groups excluding carboxylic acids is 1. The van der Waals surface area contributed by atoms with Gasteiger partial charge in [0.2, 0.25) is 0 Å². The summed E-state index contributed by atoms with van der Waals surface area (Å²) in [5, 5.41) is 2.93. The van der Waals surface area contributed by atoms with Gasteiger partial charge in [-0.1, -0.05) is 42.5 Å². The smallest absolute Gasteiger partial charge is 0.278 e. The molecule has 4 rings (SSSR count). The standard InChI is InChI=1S/C24H22N2OS2/c1-16-11-12-20(14-17(16)2)26(15-21-10-7-13-28-21)24(27)22-23(29-18(3)25-22)19-8-5-4-6-9-19/h4-14H,15H2,1-3H3. The van der Waals surface area contributed by atoms with Gasteiger partial charge in [0.15, 0.2) is 0 Å². The number of rotatable bonds is 5. The van der Waals surface area contributed by atoms with Crippen LogP contribution < -0.4 is 4.90 Å². The van der Waals surface area contributed by atoms with Gasteiger partial charge in [-0.2, -0.15) is 0 Å². The van der Waals surface area contributed by atoms with Crippen molar-refractivity contribution in [1.29, 1.82) is 0 Å². The molecule has 0 aliphatic carbocycles. The molecule has 2 heterocycles. The first kappa shape index (κ1) is 19.6. The van der Waals surface area contributed by atoms with Crippen LogP contribution in [0.2, 0.25) is 0 Å². The Bertz CT molecular complexity index is 1130. The molecule has 29 heavy (non-hydrogen) atoms. The first-order chi connectivity index (χ1) is 14.0. The number of thiophene rings is 1. The third-order valence-corrected chi connectivity index (χ3v) is 6.80. The maximum absolute atomic E-state index is 13.7. The zero-order valence-corrected chi connectivity index (χ0v) is 18.3. The fourth-order valence-electron chi connectivity index (χ4n) is 3.22. The largest absolute Gasteiger partial charge is 0.302 e. The zero-order valence-electron chi connectivity index (χ0n) is 16.7. The van der Waals surface area contributed by atoms with E-state index in [1.165, 1.54) is 11.1 Å². The van der Waals surface area contributed by atoms with Crippen LogP contribution in [-0.2, 0) is 6.54 Å². The van der Waals surface area contributed by atoms with Gasteiger partial charge >= 0.3 is 0 Å². The van der Waals surface area contributed by atoms with Crippen LogP contribution in [-0.4, -0.2) is 10.9 Å². The van der Waals surface area contributed by atoms with Crippen molar-refractivity contribution in [3.63, 3.8) is 0 Å². The summed E-state index contributed by atoms with van der Waals surface area (Å²) >= 11 is 3.23. The van der Waals surface area contributed by atoms with Crippen molar-refractivity contribution in [2.45, 2.75) is 27.3 Å². The van der Waals surface area contributed by atoms with Gasteiger partial charge in [0.25, 0.3) is 5.91 Å². The molecular weight excluding hydrogens is 396 g/mol. The molecule has 0 aliphatic heterocycles. The number of aromatic nitrogens is 1. The number of benzene rings is 2. The molecule has 0 spiro atoms. The van der Waals surface area contributed by atoms with Gasteiger partial charge < -0.3 is 4.90 Å². The molecular formula is C24H22N2OS2. The second-order valence-corrected chi connectivity index (χ2v) is 9.25. The molecule has 3 nitrogen and oxygen atoms in total. The molecule has 4 aromatic rings. The van der Waals surface area contributed by atoms with E-state index < -0.39 is 0 Å². The summed E-state index contributed by atoms with van der Waals surface area (Å²) < 4.78 is 0. The normalized spacial score (nSPS) is 10.9. The van der Waals surface area contributed by atoms with Crippen molar-refractivity contribution in [1.82, 2.24) is 4.98 Å². The quantitative estimate of drug-likeness (QED) is 0.364. The van der Waals surface area contributed by atoms with E-state index in [-0.39, 0.29) is 5.91 Å². The van der Waals surface area contributed by atoms with Crippen LogP contribution in [0.15, 0.2) is 66.0 Å². The first-order valence-electron chi connectivity index (χ1n) is 9.47. The Kier molecular flexibility index (Phi) is 5.60. The van der Waals surface area contributed by atoms with Crippen molar-refractivity contribution in [3.05, 3.63) is 92.7 Å². The van der Waals surface area contributed by atoms with E-state index in [4.69, 9.17) is 0 Å². The summed E-state index contributed by atoms with van der Waals surface area (Å²) in [5.41, 5.74) is 4.83. The summed E-state index contributed by atoms with van der Waals surface area (Å²) in [7, 11) is 0. The fraction of sp³-hybridized carbons (Fsp3) is 0.167. The number of hydrogen-bond donors (Lipinski definition) is 0. The van der Waals surface area contributed by atoms with Gasteiger partial charge in [0.1, 0.15) is 5.69 Å². The molecule has 2 aromatic heterocycles. The maximum Gasteiger partial charge on any atom is 0.278 e. The lowest BCUT2D eigenvalue weighted by molar-refractivity contribution is 0.0981. The number of thiazole rings is 1. The highest BCUT2D eigenvalue weighted by Crippen LogP contribution is 2.33. The van der Waals surface area contributed by atoms with Gasteiger partial charge in [-0.05, 0) is 61.0 Å². The summed E-state index contributed by atoms with van der Waals surface area (Å²) in [6.07, 6.45) is 0. The van der Waals surface area contributed by atoms with Crippen LogP contribution >= 0.6 is 22.7 Å². The minimum atomic E-state index is -0.0649. The summed E-state index contributed by atoms with van der Waals surface area (Å²) in [4.78, 5) is 22.3. The number of anilines is 1. The Morgan fingerprint density at radius 3 is 2.45 bits per heavy atom. The second kappa shape index (κ2) is 8.31. The van der Waals surface area contributed by atoms with Crippen molar-refractivity contribution in [2.75, 3.05) is 4.90 Å². The van der Waals surface area contributed by atoms with Crippen molar-refractivity contribution >= 4 is 34.3 Å². The van der Waals surface area contributed by atoms with Crippen LogP contribution in [0.3, 0.4) is 0 Å². The van der Waals surface area contributed by atoms with Gasteiger partial charge in [-0.3, -0.25) is 4.79 Å². The number of aryl methyl sites for hydroxylation is 3. The lowest BCUT2D eigenvalue weighted by Gasteiger charge is -2.23. The molecule has 5 heteroatoms. The van der Waals surface area contributed by atoms with Gasteiger partial charge in [-0.25, -0.2) is 4.98 Å². The average Bonchev–Trinajstić information content (AvgIpc) is 3.38. The number of amides is 1. The molecule has 0 bridgehead atoms. The third kappa shape index (κ3) is 4.16. The Morgan fingerprint density at radius 1 is 0.966 bits per heavy atom. The van der Waals surface area contributed by atoms with Crippen LogP contribution in [0, 0.1) is 20.8 Å². The fourth-order valence-corrected chi connectivity index (χ4v) is 4.83. The van der Waals surface area contributed by atoms with Crippen LogP contribution in [0.1, 0.15) is 31.5 Å². The van der Waals surface area contributed by atoms with Crippen molar-refractivity contribution < 1.29 is 4.79 Å². The van der Waals surface area contributed by atoms with Gasteiger partial charge in [-0.15, -0.1) is 22.7 Å². The predicted octanol–water partition coefficient (Wildman–Crippen LogP) is 6.64. The Balaban J connectivity index is 1.79. The van der Waals surface area contributed by atoms with Crippen LogP contribution in [0.25, 0.3) is 10.4 Å². The molecule has 1 amide bonds. The SMILES string of the molecule is Cc1nc(C(=O)N(Cc2cccs2)c2ccc(C)c(C)c2)c(-c2ccccc2)s1. The second-order valence-electron chi connectivity index (χ2n) is 7.02. The Morgan fingerprint density at radius 2 is 1.76 bits per heavy atom. The summed E-state index contributed by atoms with van der Waals surface area (Å²) in [6, 6.07) is 20.3. The zero-order chi connectivity index (χ0) is 20.4. The van der Waals surface area contributed by atoms with E-state index in [1.807, 2.05) is 59.7 Å². The van der Waals surface area contributed by atoms with E-state index in [0.717, 1.165) is 26.0 Å². The van der Waals surface area contributed by atoms with E-state index in [0.29, 0.717) is 12.2 Å². The lowest BCUT2D eigenvalue weighted by Crippen LogP contribution is -2.31. The van der Waals surface area contributed by atoms with Gasteiger partial charge in [0, 0.05) is 10.6 Å². The van der Waals surface area contributed by atoms with E-state index >= 15 is 0 Å². The molecule has 0 unspecified atom stereocenters. The highest BCUT2D eigenvalue weighted by molar-refractivity contribution is 7.15. The maximum atomic E-state index is 13.7. The number of hydrogen-bond acceptors (Lipinski definition) is 4. The first-order valence-corrected chi connectivity index (χ1v) is 11.2. The predicted molar refractivity (Wildman–Crippen MR) is 123 cm³/mol. The monoisotopic (exact) mass is 418 g/mol. The minimum absolute atomic E-state index is 0.0649. The van der Waals surface area contributed by atoms with E-state index in [1.54, 1.807) is 22.7 Å². The highest BCUT2D eigenvalue weighted by Gasteiger charge is 2.25. The molecule has 0 fully saturated rings. The number of nitrogens with zero attached hydrogens (tertiary/aromatic N) is 2. The molecule has 0 N–H and O–H groups in total.